The van der Waals surface area contributed by atoms with Crippen LogP contribution in [0.25, 0.3) is 0 Å². The average molecular weight is 504 g/mol. The van der Waals surface area contributed by atoms with Crippen LogP contribution in [0.1, 0.15) is 90.0 Å². The molecule has 0 aromatic heterocycles. The van der Waals surface area contributed by atoms with Crippen molar-refractivity contribution in [2.75, 3.05) is 0 Å². The van der Waals surface area contributed by atoms with E-state index in [0.29, 0.717) is 11.1 Å². The summed E-state index contributed by atoms with van der Waals surface area (Å²) in [5.41, 5.74) is -0.953. The van der Waals surface area contributed by atoms with Gasteiger partial charge < -0.3 is 20.4 Å². The van der Waals surface area contributed by atoms with Crippen molar-refractivity contribution in [2.24, 2.45) is 0 Å². The van der Waals surface area contributed by atoms with Crippen LogP contribution >= 0.6 is 0 Å². The third-order valence-electron chi connectivity index (χ3n) is 5.91. The highest BCUT2D eigenvalue weighted by Crippen LogP contribution is 2.28. The Bertz CT molecular complexity index is 1430. The van der Waals surface area contributed by atoms with Crippen molar-refractivity contribution in [3.63, 3.8) is 0 Å². The maximum atomic E-state index is 13.4. The minimum absolute atomic E-state index is 0.0916. The van der Waals surface area contributed by atoms with Crippen molar-refractivity contribution in [1.82, 2.24) is 0 Å². The lowest BCUT2D eigenvalue weighted by molar-refractivity contribution is 0.0651. The molecule has 0 saturated heterocycles. The molecule has 0 spiro atoms. The number of hydrogen-bond acceptors (Lipinski definition) is 6. The van der Waals surface area contributed by atoms with Gasteiger partial charge in [-0.05, 0) is 61.7 Å². The molecule has 10 heteroatoms. The first-order valence-electron chi connectivity index (χ1n) is 10.7. The van der Waals surface area contributed by atoms with E-state index in [1.54, 1.807) is 19.9 Å². The van der Waals surface area contributed by atoms with E-state index < -0.39 is 57.7 Å². The predicted molar refractivity (Wildman–Crippen MR) is 128 cm³/mol. The number of ketones is 2. The van der Waals surface area contributed by atoms with Crippen LogP contribution in [0.15, 0.2) is 42.5 Å². The van der Waals surface area contributed by atoms with Crippen molar-refractivity contribution in [3.05, 3.63) is 104 Å². The molecule has 0 unspecified atom stereocenters. The third-order valence-corrected chi connectivity index (χ3v) is 5.91. The Morgan fingerprint density at radius 2 is 0.811 bits per heavy atom. The molecule has 0 saturated carbocycles. The van der Waals surface area contributed by atoms with Crippen molar-refractivity contribution in [2.45, 2.75) is 20.8 Å². The van der Waals surface area contributed by atoms with Crippen LogP contribution in [0.2, 0.25) is 0 Å². The zero-order valence-electron chi connectivity index (χ0n) is 19.8. The molecule has 0 aliphatic heterocycles. The van der Waals surface area contributed by atoms with Gasteiger partial charge in [0.15, 0.2) is 11.6 Å². The maximum absolute atomic E-state index is 13.4. The van der Waals surface area contributed by atoms with Gasteiger partial charge in [-0.3, -0.25) is 9.59 Å². The van der Waals surface area contributed by atoms with Crippen LogP contribution in [0.5, 0.6) is 0 Å². The SMILES string of the molecule is Cc1cc(C)c(C(=O)c2ccc(C(=O)O)c(C(=O)O)c2)c(C)c1C(=O)c1ccc(C(=O)O)c(C(=O)O)c1. The monoisotopic (exact) mass is 504 g/mol. The van der Waals surface area contributed by atoms with E-state index in [-0.39, 0.29) is 27.8 Å². The second-order valence-corrected chi connectivity index (χ2v) is 8.28. The summed E-state index contributed by atoms with van der Waals surface area (Å²) < 4.78 is 0. The molecule has 0 bridgehead atoms. The lowest BCUT2D eigenvalue weighted by Crippen LogP contribution is -2.16. The number of hydrogen-bond donors (Lipinski definition) is 4. The molecule has 0 fully saturated rings. The predicted octanol–water partition coefficient (Wildman–Crippen LogP) is 3.87. The number of carboxylic acid groups (broad SMARTS) is 4. The molecule has 0 aliphatic carbocycles. The molecular weight excluding hydrogens is 484 g/mol. The number of carbonyl (C=O) groups excluding carboxylic acids is 2. The second kappa shape index (κ2) is 9.86. The van der Waals surface area contributed by atoms with E-state index in [1.165, 1.54) is 19.1 Å². The van der Waals surface area contributed by atoms with E-state index in [4.69, 9.17) is 0 Å². The van der Waals surface area contributed by atoms with E-state index in [2.05, 4.69) is 0 Å². The van der Waals surface area contributed by atoms with E-state index in [9.17, 15) is 49.2 Å². The molecule has 0 heterocycles. The van der Waals surface area contributed by atoms with E-state index >= 15 is 0 Å². The lowest BCUT2D eigenvalue weighted by atomic mass is 9.85. The number of aryl methyl sites for hydroxylation is 2. The standard InChI is InChI=1S/C27H20O10/c1-11-8-12(2)21(23(29)15-5-7-17(25(32)33)19(10-15)27(36)37)13(3)20(11)22(28)14-4-6-16(24(30)31)18(9-14)26(34)35/h4-10H,1-3H3,(H,30,31)(H,32,33)(H,34,35)(H,36,37). The first-order chi connectivity index (χ1) is 17.3. The molecule has 10 nitrogen and oxygen atoms in total. The molecule has 3 aromatic rings. The maximum Gasteiger partial charge on any atom is 0.336 e. The number of carbonyl (C=O) groups is 6. The number of carboxylic acids is 4. The first-order valence-corrected chi connectivity index (χ1v) is 10.7. The largest absolute Gasteiger partial charge is 0.478 e. The first kappa shape index (κ1) is 26.5. The number of benzene rings is 3. The highest BCUT2D eigenvalue weighted by molar-refractivity contribution is 6.17. The van der Waals surface area contributed by atoms with Crippen LogP contribution in [-0.2, 0) is 0 Å². The van der Waals surface area contributed by atoms with Gasteiger partial charge in [0.05, 0.1) is 22.3 Å². The summed E-state index contributed by atoms with van der Waals surface area (Å²) in [7, 11) is 0. The summed E-state index contributed by atoms with van der Waals surface area (Å²) in [4.78, 5) is 72.7. The van der Waals surface area contributed by atoms with Crippen molar-refractivity contribution >= 4 is 35.4 Å². The Morgan fingerprint density at radius 3 is 1.11 bits per heavy atom. The highest BCUT2D eigenvalue weighted by Gasteiger charge is 2.26. The summed E-state index contributed by atoms with van der Waals surface area (Å²) >= 11 is 0. The highest BCUT2D eigenvalue weighted by atomic mass is 16.4. The molecule has 0 atom stereocenters. The summed E-state index contributed by atoms with van der Waals surface area (Å²) in [5, 5.41) is 37.3. The molecule has 3 rings (SSSR count). The average Bonchev–Trinajstić information content (AvgIpc) is 2.82. The van der Waals surface area contributed by atoms with Gasteiger partial charge in [-0.1, -0.05) is 18.2 Å². The van der Waals surface area contributed by atoms with Gasteiger partial charge in [-0.25, -0.2) is 19.2 Å². The number of rotatable bonds is 8. The van der Waals surface area contributed by atoms with Gasteiger partial charge in [-0.2, -0.15) is 0 Å². The van der Waals surface area contributed by atoms with Crippen molar-refractivity contribution in [1.29, 1.82) is 0 Å². The van der Waals surface area contributed by atoms with Gasteiger partial charge >= 0.3 is 23.9 Å². The summed E-state index contributed by atoms with van der Waals surface area (Å²) in [5.74, 6) is -7.28. The summed E-state index contributed by atoms with van der Waals surface area (Å²) in [6.07, 6.45) is 0. The minimum atomic E-state index is -1.53. The van der Waals surface area contributed by atoms with Crippen molar-refractivity contribution < 1.29 is 49.2 Å². The molecule has 0 aliphatic rings. The fourth-order valence-electron chi connectivity index (χ4n) is 4.27. The molecule has 0 radical (unpaired) electrons. The minimum Gasteiger partial charge on any atom is -0.478 e. The normalized spacial score (nSPS) is 10.6. The van der Waals surface area contributed by atoms with Gasteiger partial charge in [0.25, 0.3) is 0 Å². The Balaban J connectivity index is 2.18. The molecule has 3 aromatic carbocycles. The Hall–Kier alpha value is -5.12. The molecule has 37 heavy (non-hydrogen) atoms. The molecule has 4 N–H and O–H groups in total. The van der Waals surface area contributed by atoms with Crippen LogP contribution < -0.4 is 0 Å². The Labute approximate surface area is 209 Å². The Kier molecular flexibility index (Phi) is 7.06. The van der Waals surface area contributed by atoms with Crippen LogP contribution in [0.4, 0.5) is 0 Å². The zero-order chi connectivity index (χ0) is 27.8. The summed E-state index contributed by atoms with van der Waals surface area (Å²) in [6, 6.07) is 7.88. The van der Waals surface area contributed by atoms with E-state index in [0.717, 1.165) is 24.3 Å². The molecule has 0 amide bonds. The molecular formula is C27H20O10. The lowest BCUT2D eigenvalue weighted by Gasteiger charge is -2.17. The van der Waals surface area contributed by atoms with Crippen LogP contribution in [0, 0.1) is 20.8 Å². The topological polar surface area (TPSA) is 183 Å². The van der Waals surface area contributed by atoms with Gasteiger partial charge in [-0.15, -0.1) is 0 Å². The smallest absolute Gasteiger partial charge is 0.336 e. The fraction of sp³-hybridized carbons (Fsp3) is 0.111. The summed E-state index contributed by atoms with van der Waals surface area (Å²) in [6.45, 7) is 4.75. The van der Waals surface area contributed by atoms with E-state index in [1.807, 2.05) is 0 Å². The van der Waals surface area contributed by atoms with Gasteiger partial charge in [0.1, 0.15) is 0 Å². The van der Waals surface area contributed by atoms with Crippen LogP contribution in [-0.4, -0.2) is 55.9 Å². The van der Waals surface area contributed by atoms with Gasteiger partial charge in [0, 0.05) is 22.3 Å². The second-order valence-electron chi connectivity index (χ2n) is 8.28. The Morgan fingerprint density at radius 1 is 0.486 bits per heavy atom. The van der Waals surface area contributed by atoms with Crippen LogP contribution in [0.3, 0.4) is 0 Å². The third kappa shape index (κ3) is 4.85. The molecule has 188 valence electrons. The van der Waals surface area contributed by atoms with Crippen molar-refractivity contribution in [3.8, 4) is 0 Å². The van der Waals surface area contributed by atoms with Gasteiger partial charge in [0.2, 0.25) is 0 Å². The zero-order valence-corrected chi connectivity index (χ0v) is 19.8. The number of aromatic carboxylic acids is 4. The quantitative estimate of drug-likeness (QED) is 0.328. The fourth-order valence-corrected chi connectivity index (χ4v) is 4.27.